The largest absolute Gasteiger partial charge is 0.460 e. The van der Waals surface area contributed by atoms with Gasteiger partial charge in [0.1, 0.15) is 0 Å². The monoisotopic (exact) mass is 369 g/mol. The van der Waals surface area contributed by atoms with Gasteiger partial charge in [0.25, 0.3) is 0 Å². The maximum atomic E-state index is 12.0. The minimum absolute atomic E-state index is 0.223. The minimum Gasteiger partial charge on any atom is -0.460 e. The molecule has 1 saturated carbocycles. The van der Waals surface area contributed by atoms with E-state index in [1.807, 2.05) is 12.1 Å². The molecule has 1 aromatic heterocycles. The van der Waals surface area contributed by atoms with Crippen molar-refractivity contribution in [3.05, 3.63) is 39.1 Å². The molecular formula is C15H13BrClNO3. The first kappa shape index (κ1) is 14.6. The number of esters is 1. The Kier molecular flexibility index (Phi) is 4.04. The SMILES string of the molecule is CCOC(=O)c1oc(-c2ccc(Cl)c(Br)c2)nc1C1CC1. The van der Waals surface area contributed by atoms with Crippen LogP contribution in [0.4, 0.5) is 0 Å². The van der Waals surface area contributed by atoms with Crippen molar-refractivity contribution >= 4 is 33.5 Å². The lowest BCUT2D eigenvalue weighted by molar-refractivity contribution is 0.0489. The van der Waals surface area contributed by atoms with Crippen molar-refractivity contribution in [3.8, 4) is 11.5 Å². The van der Waals surface area contributed by atoms with Gasteiger partial charge in [0.2, 0.25) is 11.7 Å². The molecule has 1 aliphatic rings. The molecule has 3 rings (SSSR count). The van der Waals surface area contributed by atoms with E-state index in [0.29, 0.717) is 29.1 Å². The average molecular weight is 371 g/mol. The van der Waals surface area contributed by atoms with Crippen molar-refractivity contribution in [2.45, 2.75) is 25.7 Å². The number of hydrogen-bond donors (Lipinski definition) is 0. The summed E-state index contributed by atoms with van der Waals surface area (Å²) in [5, 5.41) is 0.610. The van der Waals surface area contributed by atoms with Crippen LogP contribution in [0.5, 0.6) is 0 Å². The van der Waals surface area contributed by atoms with Crippen molar-refractivity contribution < 1.29 is 13.9 Å². The van der Waals surface area contributed by atoms with Crippen molar-refractivity contribution in [1.29, 1.82) is 0 Å². The quantitative estimate of drug-likeness (QED) is 0.725. The predicted molar refractivity (Wildman–Crippen MR) is 82.6 cm³/mol. The number of benzene rings is 1. The lowest BCUT2D eigenvalue weighted by atomic mass is 10.2. The summed E-state index contributed by atoms with van der Waals surface area (Å²) in [5.41, 5.74) is 1.47. The van der Waals surface area contributed by atoms with Gasteiger partial charge in [-0.2, -0.15) is 0 Å². The van der Waals surface area contributed by atoms with Gasteiger partial charge in [-0.05, 0) is 53.9 Å². The van der Waals surface area contributed by atoms with Gasteiger partial charge in [0.15, 0.2) is 0 Å². The van der Waals surface area contributed by atoms with E-state index in [1.54, 1.807) is 13.0 Å². The van der Waals surface area contributed by atoms with Crippen LogP contribution in [0.3, 0.4) is 0 Å². The fourth-order valence-corrected chi connectivity index (χ4v) is 2.56. The Morgan fingerprint density at radius 2 is 2.29 bits per heavy atom. The molecule has 0 spiro atoms. The van der Waals surface area contributed by atoms with Crippen LogP contribution in [0, 0.1) is 0 Å². The Labute approximate surface area is 135 Å². The van der Waals surface area contributed by atoms with E-state index in [9.17, 15) is 4.79 Å². The zero-order valence-corrected chi connectivity index (χ0v) is 13.7. The number of ether oxygens (including phenoxy) is 1. The summed E-state index contributed by atoms with van der Waals surface area (Å²) in [6.07, 6.45) is 2.06. The first-order chi connectivity index (χ1) is 10.1. The second-order valence-corrected chi connectivity index (χ2v) is 6.12. The topological polar surface area (TPSA) is 52.3 Å². The normalized spacial score (nSPS) is 14.2. The number of oxazole rings is 1. The van der Waals surface area contributed by atoms with Crippen LogP contribution >= 0.6 is 27.5 Å². The van der Waals surface area contributed by atoms with Crippen LogP contribution in [0.2, 0.25) is 5.02 Å². The van der Waals surface area contributed by atoms with E-state index < -0.39 is 5.97 Å². The maximum Gasteiger partial charge on any atom is 0.376 e. The Bertz CT molecular complexity index is 694. The second-order valence-electron chi connectivity index (χ2n) is 4.86. The Balaban J connectivity index is 2.01. The molecule has 6 heteroatoms. The molecule has 1 aliphatic carbocycles. The van der Waals surface area contributed by atoms with Crippen molar-refractivity contribution in [1.82, 2.24) is 4.98 Å². The number of carbonyl (C=O) groups excluding carboxylic acids is 1. The summed E-state index contributed by atoms with van der Waals surface area (Å²) in [4.78, 5) is 16.5. The third-order valence-corrected chi connectivity index (χ3v) is 4.46. The van der Waals surface area contributed by atoms with Gasteiger partial charge in [-0.1, -0.05) is 11.6 Å². The molecule has 0 atom stereocenters. The molecule has 1 heterocycles. The third kappa shape index (κ3) is 2.99. The first-order valence-electron chi connectivity index (χ1n) is 6.73. The number of rotatable bonds is 4. The van der Waals surface area contributed by atoms with Gasteiger partial charge in [0, 0.05) is 16.0 Å². The molecule has 1 fully saturated rings. The number of aromatic nitrogens is 1. The highest BCUT2D eigenvalue weighted by Gasteiger charge is 2.34. The van der Waals surface area contributed by atoms with Gasteiger partial charge in [-0.15, -0.1) is 0 Å². The number of carbonyl (C=O) groups is 1. The summed E-state index contributed by atoms with van der Waals surface area (Å²) in [6, 6.07) is 5.39. The van der Waals surface area contributed by atoms with Gasteiger partial charge < -0.3 is 9.15 Å². The van der Waals surface area contributed by atoms with E-state index in [4.69, 9.17) is 20.8 Å². The van der Waals surface area contributed by atoms with E-state index in [1.165, 1.54) is 0 Å². The summed E-state index contributed by atoms with van der Waals surface area (Å²) < 4.78 is 11.5. The zero-order chi connectivity index (χ0) is 15.0. The maximum absolute atomic E-state index is 12.0. The molecule has 110 valence electrons. The smallest absolute Gasteiger partial charge is 0.376 e. The Morgan fingerprint density at radius 3 is 2.90 bits per heavy atom. The summed E-state index contributed by atoms with van der Waals surface area (Å²) in [5.74, 6) is 0.488. The Hall–Kier alpha value is -1.33. The first-order valence-corrected chi connectivity index (χ1v) is 7.90. The second kappa shape index (κ2) is 5.81. The van der Waals surface area contributed by atoms with E-state index >= 15 is 0 Å². The fourth-order valence-electron chi connectivity index (χ4n) is 2.06. The van der Waals surface area contributed by atoms with E-state index in [2.05, 4.69) is 20.9 Å². The molecule has 0 bridgehead atoms. The van der Waals surface area contributed by atoms with Gasteiger partial charge >= 0.3 is 5.97 Å². The fraction of sp³-hybridized carbons (Fsp3) is 0.333. The Morgan fingerprint density at radius 1 is 1.52 bits per heavy atom. The van der Waals surface area contributed by atoms with Crippen LogP contribution in [0.15, 0.2) is 27.1 Å². The zero-order valence-electron chi connectivity index (χ0n) is 11.4. The summed E-state index contributed by atoms with van der Waals surface area (Å²) in [7, 11) is 0. The molecule has 0 N–H and O–H groups in total. The highest BCUT2D eigenvalue weighted by molar-refractivity contribution is 9.10. The molecule has 0 aliphatic heterocycles. The number of nitrogens with zero attached hydrogens (tertiary/aromatic N) is 1. The molecule has 0 unspecified atom stereocenters. The number of hydrogen-bond acceptors (Lipinski definition) is 4. The van der Waals surface area contributed by atoms with Crippen LogP contribution < -0.4 is 0 Å². The minimum atomic E-state index is -0.453. The van der Waals surface area contributed by atoms with Gasteiger partial charge in [0.05, 0.1) is 17.3 Å². The van der Waals surface area contributed by atoms with Crippen LogP contribution in [-0.4, -0.2) is 17.6 Å². The molecular weight excluding hydrogens is 358 g/mol. The van der Waals surface area contributed by atoms with Gasteiger partial charge in [-0.25, -0.2) is 9.78 Å². The van der Waals surface area contributed by atoms with Crippen molar-refractivity contribution in [2.24, 2.45) is 0 Å². The van der Waals surface area contributed by atoms with Crippen LogP contribution in [-0.2, 0) is 4.74 Å². The summed E-state index contributed by atoms with van der Waals surface area (Å²) in [6.45, 7) is 2.08. The third-order valence-electron chi connectivity index (χ3n) is 3.24. The highest BCUT2D eigenvalue weighted by Crippen LogP contribution is 2.42. The molecule has 0 radical (unpaired) electrons. The standard InChI is InChI=1S/C15H13BrClNO3/c1-2-20-15(19)13-12(8-3-4-8)18-14(21-13)9-5-6-11(17)10(16)7-9/h5-8H,2-4H2,1H3. The van der Waals surface area contributed by atoms with Gasteiger partial charge in [-0.3, -0.25) is 0 Å². The molecule has 21 heavy (non-hydrogen) atoms. The molecule has 4 nitrogen and oxygen atoms in total. The van der Waals surface area contributed by atoms with Crippen LogP contribution in [0.1, 0.15) is 41.9 Å². The summed E-state index contributed by atoms with van der Waals surface area (Å²) >= 11 is 9.36. The lowest BCUT2D eigenvalue weighted by Gasteiger charge is -1.99. The van der Waals surface area contributed by atoms with Crippen molar-refractivity contribution in [2.75, 3.05) is 6.61 Å². The molecule has 0 amide bonds. The lowest BCUT2D eigenvalue weighted by Crippen LogP contribution is -2.05. The van der Waals surface area contributed by atoms with E-state index in [0.717, 1.165) is 22.9 Å². The van der Waals surface area contributed by atoms with Crippen LogP contribution in [0.25, 0.3) is 11.5 Å². The van der Waals surface area contributed by atoms with Crippen molar-refractivity contribution in [3.63, 3.8) is 0 Å². The molecule has 2 aromatic rings. The molecule has 0 saturated heterocycles. The highest BCUT2D eigenvalue weighted by atomic mass is 79.9. The average Bonchev–Trinajstić information content (AvgIpc) is 3.21. The number of halogens is 2. The predicted octanol–water partition coefficient (Wildman–Crippen LogP) is 4.81. The van der Waals surface area contributed by atoms with E-state index in [-0.39, 0.29) is 5.76 Å². The molecule has 1 aromatic carbocycles.